The molecule has 104 valence electrons. The van der Waals surface area contributed by atoms with E-state index in [0.717, 1.165) is 25.9 Å². The molecule has 0 saturated heterocycles. The quantitative estimate of drug-likeness (QED) is 0.744. The number of carboxylic acids is 1. The third-order valence-corrected chi connectivity index (χ3v) is 3.62. The van der Waals surface area contributed by atoms with E-state index in [1.165, 1.54) is 4.88 Å². The van der Waals surface area contributed by atoms with Gasteiger partial charge in [0.2, 0.25) is 0 Å². The lowest BCUT2D eigenvalue weighted by Crippen LogP contribution is -2.31. The number of unbranched alkanes of at least 4 members (excludes halogenated alkanes) is 1. The van der Waals surface area contributed by atoms with E-state index >= 15 is 0 Å². The maximum Gasteiger partial charge on any atom is 0.303 e. The smallest absolute Gasteiger partial charge is 0.303 e. The van der Waals surface area contributed by atoms with Crippen molar-refractivity contribution in [2.45, 2.75) is 45.7 Å². The second-order valence-corrected chi connectivity index (χ2v) is 5.53. The Morgan fingerprint density at radius 2 is 2.17 bits per heavy atom. The zero-order chi connectivity index (χ0) is 12.7. The predicted octanol–water partition coefficient (Wildman–Crippen LogP) is 3.64. The fraction of sp³-hybridized carbons (Fsp3) is 0.615. The Balaban J connectivity index is 0.00000289. The monoisotopic (exact) mass is 291 g/mol. The van der Waals surface area contributed by atoms with Crippen LogP contribution in [-0.2, 0) is 11.3 Å². The van der Waals surface area contributed by atoms with Crippen LogP contribution in [0, 0.1) is 0 Å². The number of hydrogen-bond donors (Lipinski definition) is 1. The van der Waals surface area contributed by atoms with Crippen LogP contribution in [0.3, 0.4) is 0 Å². The maximum atomic E-state index is 10.4. The van der Waals surface area contributed by atoms with Gasteiger partial charge in [-0.1, -0.05) is 6.07 Å². The van der Waals surface area contributed by atoms with Crippen LogP contribution < -0.4 is 0 Å². The van der Waals surface area contributed by atoms with E-state index in [0.29, 0.717) is 6.04 Å². The molecule has 3 nitrogen and oxygen atoms in total. The first-order valence-electron chi connectivity index (χ1n) is 6.08. The van der Waals surface area contributed by atoms with Gasteiger partial charge in [0.15, 0.2) is 0 Å². The molecule has 1 aromatic rings. The summed E-state index contributed by atoms with van der Waals surface area (Å²) in [5.41, 5.74) is 0. The van der Waals surface area contributed by atoms with Crippen LogP contribution in [0.15, 0.2) is 17.5 Å². The second-order valence-electron chi connectivity index (χ2n) is 4.49. The molecular weight excluding hydrogens is 270 g/mol. The Kier molecular flexibility index (Phi) is 9.06. The first-order valence-corrected chi connectivity index (χ1v) is 6.96. The molecule has 0 fully saturated rings. The first-order chi connectivity index (χ1) is 8.09. The minimum Gasteiger partial charge on any atom is -0.481 e. The number of halogens is 1. The fourth-order valence-corrected chi connectivity index (χ4v) is 2.44. The summed E-state index contributed by atoms with van der Waals surface area (Å²) in [6, 6.07) is 4.72. The van der Waals surface area contributed by atoms with E-state index in [1.54, 1.807) is 11.3 Å². The molecule has 0 aliphatic rings. The molecule has 0 radical (unpaired) electrons. The Morgan fingerprint density at radius 1 is 1.44 bits per heavy atom. The van der Waals surface area contributed by atoms with Crippen molar-refractivity contribution in [3.05, 3.63) is 22.4 Å². The average Bonchev–Trinajstić information content (AvgIpc) is 2.74. The van der Waals surface area contributed by atoms with E-state index in [2.05, 4.69) is 36.3 Å². The number of aliphatic carboxylic acids is 1. The maximum absolute atomic E-state index is 10.4. The third-order valence-electron chi connectivity index (χ3n) is 2.76. The van der Waals surface area contributed by atoms with Crippen LogP contribution >= 0.6 is 23.7 Å². The Labute approximate surface area is 119 Å². The topological polar surface area (TPSA) is 40.5 Å². The van der Waals surface area contributed by atoms with Gasteiger partial charge in [0.05, 0.1) is 0 Å². The van der Waals surface area contributed by atoms with Crippen LogP contribution in [0.1, 0.15) is 38.0 Å². The van der Waals surface area contributed by atoms with Crippen LogP contribution in [0.25, 0.3) is 0 Å². The lowest BCUT2D eigenvalue weighted by molar-refractivity contribution is -0.137. The summed E-state index contributed by atoms with van der Waals surface area (Å²) in [6.45, 7) is 6.32. The molecule has 0 spiro atoms. The SMILES string of the molecule is CC(C)N(CCCCC(=O)O)Cc1cccs1.Cl. The Hall–Kier alpha value is -0.580. The van der Waals surface area contributed by atoms with Crippen LogP contribution in [-0.4, -0.2) is 28.6 Å². The van der Waals surface area contributed by atoms with Crippen LogP contribution in [0.2, 0.25) is 0 Å². The lowest BCUT2D eigenvalue weighted by atomic mass is 10.2. The molecule has 5 heteroatoms. The summed E-state index contributed by atoms with van der Waals surface area (Å²) in [4.78, 5) is 14.2. The molecule has 18 heavy (non-hydrogen) atoms. The van der Waals surface area contributed by atoms with E-state index in [4.69, 9.17) is 5.11 Å². The highest BCUT2D eigenvalue weighted by atomic mass is 35.5. The number of nitrogens with zero attached hydrogens (tertiary/aromatic N) is 1. The highest BCUT2D eigenvalue weighted by molar-refractivity contribution is 7.09. The van der Waals surface area contributed by atoms with Crippen LogP contribution in [0.5, 0.6) is 0 Å². The van der Waals surface area contributed by atoms with Gasteiger partial charge in [-0.25, -0.2) is 0 Å². The largest absolute Gasteiger partial charge is 0.481 e. The summed E-state index contributed by atoms with van der Waals surface area (Å²) >= 11 is 1.78. The molecule has 1 N–H and O–H groups in total. The van der Waals surface area contributed by atoms with Gasteiger partial charge in [-0.3, -0.25) is 9.69 Å². The first kappa shape index (κ1) is 17.4. The lowest BCUT2D eigenvalue weighted by Gasteiger charge is -2.25. The minimum atomic E-state index is -0.695. The number of thiophene rings is 1. The molecule has 0 unspecified atom stereocenters. The number of carboxylic acid groups (broad SMARTS) is 1. The molecule has 0 aromatic carbocycles. The number of rotatable bonds is 8. The van der Waals surface area contributed by atoms with Crippen molar-refractivity contribution in [1.29, 1.82) is 0 Å². The van der Waals surface area contributed by atoms with Gasteiger partial charge >= 0.3 is 5.97 Å². The number of hydrogen-bond acceptors (Lipinski definition) is 3. The van der Waals surface area contributed by atoms with Gasteiger partial charge in [-0.2, -0.15) is 0 Å². The zero-order valence-corrected chi connectivity index (χ0v) is 12.6. The molecule has 1 aromatic heterocycles. The zero-order valence-electron chi connectivity index (χ0n) is 11.0. The van der Waals surface area contributed by atoms with Crippen molar-refractivity contribution in [3.8, 4) is 0 Å². The van der Waals surface area contributed by atoms with Gasteiger partial charge in [-0.15, -0.1) is 23.7 Å². The van der Waals surface area contributed by atoms with Gasteiger partial charge in [0, 0.05) is 23.9 Å². The summed E-state index contributed by atoms with van der Waals surface area (Å²) < 4.78 is 0. The second kappa shape index (κ2) is 9.36. The highest BCUT2D eigenvalue weighted by Gasteiger charge is 2.10. The molecule has 0 atom stereocenters. The summed E-state index contributed by atoms with van der Waals surface area (Å²) in [7, 11) is 0. The minimum absolute atomic E-state index is 0. The number of carbonyl (C=O) groups is 1. The Bertz CT molecular complexity index is 328. The Morgan fingerprint density at radius 3 is 2.67 bits per heavy atom. The summed E-state index contributed by atoms with van der Waals surface area (Å²) in [6.07, 6.45) is 2.00. The normalized spacial score (nSPS) is 10.7. The summed E-state index contributed by atoms with van der Waals surface area (Å²) in [5.74, 6) is -0.695. The summed E-state index contributed by atoms with van der Waals surface area (Å²) in [5, 5.41) is 10.7. The van der Waals surface area contributed by atoms with Gasteiger partial charge in [-0.05, 0) is 44.7 Å². The molecular formula is C13H22ClNO2S. The molecule has 0 aliphatic heterocycles. The van der Waals surface area contributed by atoms with Crippen molar-refractivity contribution in [2.75, 3.05) is 6.54 Å². The van der Waals surface area contributed by atoms with Crippen molar-refractivity contribution in [3.63, 3.8) is 0 Å². The van der Waals surface area contributed by atoms with E-state index in [1.807, 2.05) is 0 Å². The molecule has 1 rings (SSSR count). The van der Waals surface area contributed by atoms with Crippen LogP contribution in [0.4, 0.5) is 0 Å². The molecule has 0 saturated carbocycles. The van der Waals surface area contributed by atoms with Crippen molar-refractivity contribution < 1.29 is 9.90 Å². The molecule has 0 aliphatic carbocycles. The average molecular weight is 292 g/mol. The standard InChI is InChI=1S/C13H21NO2S.ClH/c1-11(2)14(8-4-3-7-13(15)16)10-12-6-5-9-17-12;/h5-6,9,11H,3-4,7-8,10H2,1-2H3,(H,15,16);1H. The highest BCUT2D eigenvalue weighted by Crippen LogP contribution is 2.14. The third kappa shape index (κ3) is 6.99. The van der Waals surface area contributed by atoms with Crippen molar-refractivity contribution >= 4 is 29.7 Å². The molecule has 1 heterocycles. The molecule has 0 amide bonds. The van der Waals surface area contributed by atoms with E-state index in [-0.39, 0.29) is 18.8 Å². The van der Waals surface area contributed by atoms with E-state index in [9.17, 15) is 4.79 Å². The van der Waals surface area contributed by atoms with Crippen molar-refractivity contribution in [1.82, 2.24) is 4.90 Å². The van der Waals surface area contributed by atoms with Crippen molar-refractivity contribution in [2.24, 2.45) is 0 Å². The van der Waals surface area contributed by atoms with Gasteiger partial charge < -0.3 is 5.11 Å². The predicted molar refractivity (Wildman–Crippen MR) is 78.6 cm³/mol. The van der Waals surface area contributed by atoms with Gasteiger partial charge in [0.1, 0.15) is 0 Å². The van der Waals surface area contributed by atoms with E-state index < -0.39 is 5.97 Å². The fourth-order valence-electron chi connectivity index (χ4n) is 1.71. The molecule has 0 bridgehead atoms. The van der Waals surface area contributed by atoms with Gasteiger partial charge in [0.25, 0.3) is 0 Å².